The average Bonchev–Trinajstić information content (AvgIpc) is 2.23. The van der Waals surface area contributed by atoms with Gasteiger partial charge in [0.25, 0.3) is 0 Å². The molecule has 5 heteroatoms. The largest absolute Gasteiger partial charge is 0.508 e. The van der Waals surface area contributed by atoms with E-state index in [4.69, 9.17) is 5.11 Å². The summed E-state index contributed by atoms with van der Waals surface area (Å²) in [6.45, 7) is 1.62. The highest BCUT2D eigenvalue weighted by Crippen LogP contribution is 2.22. The highest BCUT2D eigenvalue weighted by molar-refractivity contribution is 5.73. The fraction of sp³-hybridized carbons (Fsp3) is 0.333. The van der Waals surface area contributed by atoms with Crippen molar-refractivity contribution in [3.63, 3.8) is 0 Å². The van der Waals surface area contributed by atoms with Gasteiger partial charge in [0.2, 0.25) is 5.91 Å². The van der Waals surface area contributed by atoms with E-state index in [2.05, 4.69) is 5.32 Å². The van der Waals surface area contributed by atoms with Crippen LogP contribution in [0.15, 0.2) is 24.3 Å². The van der Waals surface area contributed by atoms with E-state index >= 15 is 0 Å². The quantitative estimate of drug-likeness (QED) is 0.715. The van der Waals surface area contributed by atoms with Crippen LogP contribution in [0.1, 0.15) is 24.8 Å². The molecule has 1 aromatic rings. The SMILES string of the molecule is CC(=O)NCC(CC(=O)O)c1cccc(O)c1. The van der Waals surface area contributed by atoms with Crippen LogP contribution < -0.4 is 5.32 Å². The molecule has 0 fully saturated rings. The first kappa shape index (κ1) is 13.0. The van der Waals surface area contributed by atoms with Crippen LogP contribution in [0, 0.1) is 0 Å². The van der Waals surface area contributed by atoms with Gasteiger partial charge in [-0.25, -0.2) is 0 Å². The number of carbonyl (C=O) groups is 2. The third-order valence-electron chi connectivity index (χ3n) is 2.36. The second-order valence-electron chi connectivity index (χ2n) is 3.83. The summed E-state index contributed by atoms with van der Waals surface area (Å²) >= 11 is 0. The number of carboxylic acid groups (broad SMARTS) is 1. The number of nitrogens with one attached hydrogen (secondary N) is 1. The molecule has 0 aliphatic rings. The van der Waals surface area contributed by atoms with Gasteiger partial charge in [0.15, 0.2) is 0 Å². The zero-order chi connectivity index (χ0) is 12.8. The lowest BCUT2D eigenvalue weighted by molar-refractivity contribution is -0.137. The Balaban J connectivity index is 2.81. The molecule has 0 aliphatic carbocycles. The summed E-state index contributed by atoms with van der Waals surface area (Å²) in [6.07, 6.45) is -0.0935. The highest BCUT2D eigenvalue weighted by atomic mass is 16.4. The fourth-order valence-corrected chi connectivity index (χ4v) is 1.56. The van der Waals surface area contributed by atoms with E-state index in [0.29, 0.717) is 5.56 Å². The maximum absolute atomic E-state index is 10.8. The Morgan fingerprint density at radius 3 is 2.65 bits per heavy atom. The Bertz CT molecular complexity index is 417. The molecule has 0 aliphatic heterocycles. The Hall–Kier alpha value is -2.04. The van der Waals surface area contributed by atoms with Gasteiger partial charge >= 0.3 is 5.97 Å². The van der Waals surface area contributed by atoms with Gasteiger partial charge in [0.1, 0.15) is 5.75 Å². The highest BCUT2D eigenvalue weighted by Gasteiger charge is 2.16. The Morgan fingerprint density at radius 1 is 1.41 bits per heavy atom. The number of carbonyl (C=O) groups excluding carboxylic acids is 1. The molecule has 0 spiro atoms. The number of benzene rings is 1. The summed E-state index contributed by atoms with van der Waals surface area (Å²) < 4.78 is 0. The van der Waals surface area contributed by atoms with Gasteiger partial charge < -0.3 is 15.5 Å². The molecule has 1 amide bonds. The summed E-state index contributed by atoms with van der Waals surface area (Å²) in [6, 6.07) is 6.40. The minimum Gasteiger partial charge on any atom is -0.508 e. The van der Waals surface area contributed by atoms with E-state index in [1.54, 1.807) is 12.1 Å². The first-order valence-electron chi connectivity index (χ1n) is 5.24. The van der Waals surface area contributed by atoms with Gasteiger partial charge in [-0.15, -0.1) is 0 Å². The van der Waals surface area contributed by atoms with Gasteiger partial charge in [0.05, 0.1) is 6.42 Å². The molecule has 1 unspecified atom stereocenters. The van der Waals surface area contributed by atoms with E-state index in [0.717, 1.165) is 0 Å². The van der Waals surface area contributed by atoms with Crippen molar-refractivity contribution in [3.8, 4) is 5.75 Å². The Morgan fingerprint density at radius 2 is 2.12 bits per heavy atom. The molecular weight excluding hydrogens is 222 g/mol. The Labute approximate surface area is 99.1 Å². The lowest BCUT2D eigenvalue weighted by Crippen LogP contribution is -2.27. The molecular formula is C12H15NO4. The number of phenolic OH excluding ortho intramolecular Hbond substituents is 1. The minimum absolute atomic E-state index is 0.0840. The first-order valence-corrected chi connectivity index (χ1v) is 5.24. The number of phenols is 1. The molecule has 1 rings (SSSR count). The van der Waals surface area contributed by atoms with E-state index in [1.165, 1.54) is 19.1 Å². The summed E-state index contributed by atoms with van der Waals surface area (Å²) in [7, 11) is 0. The lowest BCUT2D eigenvalue weighted by atomic mass is 9.95. The smallest absolute Gasteiger partial charge is 0.304 e. The summed E-state index contributed by atoms with van der Waals surface area (Å²) in [5.41, 5.74) is 0.696. The van der Waals surface area contributed by atoms with Crippen LogP contribution in [-0.2, 0) is 9.59 Å². The second kappa shape index (κ2) is 5.89. The number of hydrogen-bond acceptors (Lipinski definition) is 3. The molecule has 0 bridgehead atoms. The molecule has 5 nitrogen and oxygen atoms in total. The van der Waals surface area contributed by atoms with Gasteiger partial charge in [-0.2, -0.15) is 0 Å². The monoisotopic (exact) mass is 237 g/mol. The molecule has 17 heavy (non-hydrogen) atoms. The van der Waals surface area contributed by atoms with Crippen LogP contribution >= 0.6 is 0 Å². The van der Waals surface area contributed by atoms with Crippen LogP contribution in [0.2, 0.25) is 0 Å². The molecule has 0 saturated carbocycles. The Kier molecular flexibility index (Phi) is 4.51. The molecule has 1 aromatic carbocycles. The van der Waals surface area contributed by atoms with Crippen LogP contribution in [0.25, 0.3) is 0 Å². The molecule has 0 radical (unpaired) electrons. The minimum atomic E-state index is -0.941. The van der Waals surface area contributed by atoms with Crippen LogP contribution in [0.4, 0.5) is 0 Å². The predicted molar refractivity (Wildman–Crippen MR) is 61.8 cm³/mol. The second-order valence-corrected chi connectivity index (χ2v) is 3.83. The topological polar surface area (TPSA) is 86.6 Å². The van der Waals surface area contributed by atoms with Crippen LogP contribution in [0.3, 0.4) is 0 Å². The molecule has 92 valence electrons. The van der Waals surface area contributed by atoms with E-state index < -0.39 is 5.97 Å². The van der Waals surface area contributed by atoms with E-state index in [1.807, 2.05) is 0 Å². The molecule has 1 atom stereocenters. The third-order valence-corrected chi connectivity index (χ3v) is 2.36. The van der Waals surface area contributed by atoms with Crippen molar-refractivity contribution in [1.82, 2.24) is 5.32 Å². The average molecular weight is 237 g/mol. The van der Waals surface area contributed by atoms with Crippen molar-refractivity contribution in [1.29, 1.82) is 0 Å². The van der Waals surface area contributed by atoms with E-state index in [-0.39, 0.29) is 30.5 Å². The fourth-order valence-electron chi connectivity index (χ4n) is 1.56. The van der Waals surface area contributed by atoms with Crippen molar-refractivity contribution in [3.05, 3.63) is 29.8 Å². The maximum atomic E-state index is 10.8. The van der Waals surface area contributed by atoms with Crippen molar-refractivity contribution in [2.75, 3.05) is 6.54 Å². The molecule has 0 heterocycles. The molecule has 0 saturated heterocycles. The standard InChI is InChI=1S/C12H15NO4/c1-8(14)13-7-10(6-12(16)17)9-3-2-4-11(15)5-9/h2-5,10,15H,6-7H2,1H3,(H,13,14)(H,16,17). The lowest BCUT2D eigenvalue weighted by Gasteiger charge is -2.15. The first-order chi connectivity index (χ1) is 7.99. The van der Waals surface area contributed by atoms with Crippen molar-refractivity contribution in [2.45, 2.75) is 19.3 Å². The predicted octanol–water partition coefficient (Wildman–Crippen LogP) is 1.09. The summed E-state index contributed by atoms with van der Waals surface area (Å²) in [5, 5.41) is 20.7. The summed E-state index contributed by atoms with van der Waals surface area (Å²) in [5.74, 6) is -1.41. The number of amides is 1. The van der Waals surface area contributed by atoms with Crippen LogP contribution in [0.5, 0.6) is 5.75 Å². The van der Waals surface area contributed by atoms with Gasteiger partial charge in [0, 0.05) is 19.4 Å². The van der Waals surface area contributed by atoms with Crippen molar-refractivity contribution in [2.24, 2.45) is 0 Å². The van der Waals surface area contributed by atoms with Crippen molar-refractivity contribution < 1.29 is 19.8 Å². The maximum Gasteiger partial charge on any atom is 0.304 e. The number of carboxylic acids is 1. The van der Waals surface area contributed by atoms with Gasteiger partial charge in [-0.05, 0) is 17.7 Å². The number of rotatable bonds is 5. The van der Waals surface area contributed by atoms with Crippen molar-refractivity contribution >= 4 is 11.9 Å². The third kappa shape index (κ3) is 4.55. The number of hydrogen-bond donors (Lipinski definition) is 3. The van der Waals surface area contributed by atoms with E-state index in [9.17, 15) is 14.7 Å². The zero-order valence-corrected chi connectivity index (χ0v) is 9.51. The zero-order valence-electron chi connectivity index (χ0n) is 9.51. The molecule has 3 N–H and O–H groups in total. The van der Waals surface area contributed by atoms with Gasteiger partial charge in [-0.1, -0.05) is 12.1 Å². The molecule has 0 aromatic heterocycles. The van der Waals surface area contributed by atoms with Crippen LogP contribution in [-0.4, -0.2) is 28.6 Å². The number of aliphatic carboxylic acids is 1. The number of aromatic hydroxyl groups is 1. The van der Waals surface area contributed by atoms with Gasteiger partial charge in [-0.3, -0.25) is 9.59 Å². The summed E-state index contributed by atoms with van der Waals surface area (Å²) in [4.78, 5) is 21.6. The normalized spacial score (nSPS) is 11.8.